The zero-order valence-corrected chi connectivity index (χ0v) is 9.98. The highest BCUT2D eigenvalue weighted by Crippen LogP contribution is 2.24. The van der Waals surface area contributed by atoms with Gasteiger partial charge in [0, 0.05) is 24.3 Å². The van der Waals surface area contributed by atoms with Crippen LogP contribution in [0.3, 0.4) is 0 Å². The minimum Gasteiger partial charge on any atom is -0.378 e. The number of hydrogen-bond donors (Lipinski definition) is 1. The Kier molecular flexibility index (Phi) is 3.08. The number of nitrogens with zero attached hydrogens (tertiary/aromatic N) is 3. The molecule has 2 aromatic heterocycles. The van der Waals surface area contributed by atoms with Crippen molar-refractivity contribution < 1.29 is 4.74 Å². The van der Waals surface area contributed by atoms with Crippen LogP contribution in [-0.4, -0.2) is 34.7 Å². The van der Waals surface area contributed by atoms with E-state index in [1.165, 1.54) is 0 Å². The van der Waals surface area contributed by atoms with Gasteiger partial charge in [-0.15, -0.1) is 11.3 Å². The first-order valence-electron chi connectivity index (χ1n) is 5.46. The normalized spacial score (nSPS) is 20.4. The molecule has 17 heavy (non-hydrogen) atoms. The number of rotatable bonds is 2. The van der Waals surface area contributed by atoms with E-state index in [0.29, 0.717) is 6.61 Å². The van der Waals surface area contributed by atoms with Gasteiger partial charge >= 0.3 is 0 Å². The van der Waals surface area contributed by atoms with E-state index in [9.17, 15) is 0 Å². The topological polar surface area (TPSA) is 59.9 Å². The second-order valence-corrected chi connectivity index (χ2v) is 4.63. The van der Waals surface area contributed by atoms with Gasteiger partial charge in [-0.2, -0.15) is 0 Å². The molecule has 0 aliphatic carbocycles. The van der Waals surface area contributed by atoms with Gasteiger partial charge in [-0.05, 0) is 0 Å². The first-order valence-corrected chi connectivity index (χ1v) is 6.34. The Morgan fingerprint density at radius 1 is 1.35 bits per heavy atom. The largest absolute Gasteiger partial charge is 0.378 e. The summed E-state index contributed by atoms with van der Waals surface area (Å²) in [5.74, 6) is 0. The van der Waals surface area contributed by atoms with E-state index in [0.717, 1.165) is 29.5 Å². The summed E-state index contributed by atoms with van der Waals surface area (Å²) >= 11 is 1.63. The van der Waals surface area contributed by atoms with E-state index in [4.69, 9.17) is 4.74 Å². The molecule has 0 aromatic carbocycles. The fraction of sp³-hybridized carbons (Fsp3) is 0.364. The molecular weight excluding hydrogens is 236 g/mol. The van der Waals surface area contributed by atoms with E-state index in [2.05, 4.69) is 20.3 Å². The molecule has 0 bridgehead atoms. The third-order valence-corrected chi connectivity index (χ3v) is 3.53. The van der Waals surface area contributed by atoms with Gasteiger partial charge in [-0.1, -0.05) is 0 Å². The highest BCUT2D eigenvalue weighted by atomic mass is 32.1. The van der Waals surface area contributed by atoms with Gasteiger partial charge in [0.15, 0.2) is 0 Å². The summed E-state index contributed by atoms with van der Waals surface area (Å²) in [5, 5.41) is 6.44. The Bertz CT molecular complexity index is 481. The number of ether oxygens (including phenoxy) is 1. The van der Waals surface area contributed by atoms with Crippen LogP contribution in [0.15, 0.2) is 24.0 Å². The van der Waals surface area contributed by atoms with Crippen molar-refractivity contribution in [2.24, 2.45) is 0 Å². The average molecular weight is 248 g/mol. The minimum absolute atomic E-state index is 0.208. The highest BCUT2D eigenvalue weighted by Gasteiger charge is 2.19. The van der Waals surface area contributed by atoms with Crippen LogP contribution in [0.2, 0.25) is 0 Å². The van der Waals surface area contributed by atoms with Crippen molar-refractivity contribution in [1.29, 1.82) is 0 Å². The zero-order valence-electron chi connectivity index (χ0n) is 9.17. The van der Waals surface area contributed by atoms with Crippen LogP contribution < -0.4 is 5.32 Å². The van der Waals surface area contributed by atoms with E-state index < -0.39 is 0 Å². The number of aromatic nitrogens is 3. The van der Waals surface area contributed by atoms with Crippen molar-refractivity contribution in [2.75, 3.05) is 19.8 Å². The van der Waals surface area contributed by atoms with Crippen LogP contribution in [-0.2, 0) is 4.74 Å². The van der Waals surface area contributed by atoms with E-state index in [-0.39, 0.29) is 6.04 Å². The maximum absolute atomic E-state index is 5.43. The summed E-state index contributed by atoms with van der Waals surface area (Å²) in [5.41, 5.74) is 1.69. The second kappa shape index (κ2) is 4.87. The summed E-state index contributed by atoms with van der Waals surface area (Å²) in [7, 11) is 0. The first kappa shape index (κ1) is 10.8. The molecule has 1 unspecified atom stereocenters. The average Bonchev–Trinajstić information content (AvgIpc) is 2.90. The predicted octanol–water partition coefficient (Wildman–Crippen LogP) is 1.26. The lowest BCUT2D eigenvalue weighted by Gasteiger charge is -2.21. The van der Waals surface area contributed by atoms with Crippen molar-refractivity contribution in [2.45, 2.75) is 6.04 Å². The maximum atomic E-state index is 5.43. The smallest absolute Gasteiger partial charge is 0.113 e. The predicted molar refractivity (Wildman–Crippen MR) is 64.7 cm³/mol. The Balaban J connectivity index is 1.83. The Hall–Kier alpha value is -1.37. The standard InChI is InChI=1S/C11H12N4OS/c1-2-13-8(5-12-1)10-7-17-11(15-10)9-6-16-4-3-14-9/h1-2,5,7,9,14H,3-4,6H2. The fourth-order valence-electron chi connectivity index (χ4n) is 1.72. The van der Waals surface area contributed by atoms with Gasteiger partial charge in [0.05, 0.1) is 25.5 Å². The molecule has 1 aliphatic rings. The molecule has 5 nitrogen and oxygen atoms in total. The van der Waals surface area contributed by atoms with Gasteiger partial charge in [-0.25, -0.2) is 4.98 Å². The molecule has 0 radical (unpaired) electrons. The van der Waals surface area contributed by atoms with Crippen molar-refractivity contribution in [3.05, 3.63) is 29.0 Å². The lowest BCUT2D eigenvalue weighted by atomic mass is 10.3. The van der Waals surface area contributed by atoms with Gasteiger partial charge in [0.1, 0.15) is 16.4 Å². The van der Waals surface area contributed by atoms with Crippen molar-refractivity contribution in [3.8, 4) is 11.4 Å². The Labute approximate surface area is 103 Å². The van der Waals surface area contributed by atoms with Crippen LogP contribution in [0, 0.1) is 0 Å². The monoisotopic (exact) mass is 248 g/mol. The molecule has 0 saturated carbocycles. The molecule has 1 fully saturated rings. The summed E-state index contributed by atoms with van der Waals surface area (Å²) in [6.45, 7) is 2.34. The van der Waals surface area contributed by atoms with Gasteiger partial charge in [0.25, 0.3) is 0 Å². The molecule has 1 N–H and O–H groups in total. The van der Waals surface area contributed by atoms with Gasteiger partial charge in [-0.3, -0.25) is 9.97 Å². The molecule has 1 aliphatic heterocycles. The summed E-state index contributed by atoms with van der Waals surface area (Å²) in [6, 6.07) is 0.208. The van der Waals surface area contributed by atoms with E-state index in [1.54, 1.807) is 29.9 Å². The molecule has 0 amide bonds. The van der Waals surface area contributed by atoms with Gasteiger partial charge in [0.2, 0.25) is 0 Å². The van der Waals surface area contributed by atoms with E-state index in [1.807, 2.05) is 5.38 Å². The van der Waals surface area contributed by atoms with E-state index >= 15 is 0 Å². The molecular formula is C11H12N4OS. The highest BCUT2D eigenvalue weighted by molar-refractivity contribution is 7.10. The lowest BCUT2D eigenvalue weighted by Crippen LogP contribution is -2.34. The van der Waals surface area contributed by atoms with Crippen molar-refractivity contribution in [3.63, 3.8) is 0 Å². The molecule has 88 valence electrons. The Morgan fingerprint density at radius 3 is 3.12 bits per heavy atom. The molecule has 3 heterocycles. The zero-order chi connectivity index (χ0) is 11.5. The van der Waals surface area contributed by atoms with Gasteiger partial charge < -0.3 is 10.1 Å². The Morgan fingerprint density at radius 2 is 2.35 bits per heavy atom. The van der Waals surface area contributed by atoms with Crippen molar-refractivity contribution in [1.82, 2.24) is 20.3 Å². The third kappa shape index (κ3) is 2.33. The van der Waals surface area contributed by atoms with Crippen LogP contribution in [0.25, 0.3) is 11.4 Å². The number of morpholine rings is 1. The number of nitrogens with one attached hydrogen (secondary N) is 1. The minimum atomic E-state index is 0.208. The second-order valence-electron chi connectivity index (χ2n) is 3.74. The fourth-order valence-corrected chi connectivity index (χ4v) is 2.59. The molecule has 6 heteroatoms. The third-order valence-electron chi connectivity index (χ3n) is 2.57. The van der Waals surface area contributed by atoms with Crippen LogP contribution in [0.1, 0.15) is 11.0 Å². The van der Waals surface area contributed by atoms with Crippen LogP contribution >= 0.6 is 11.3 Å². The molecule has 3 rings (SSSR count). The maximum Gasteiger partial charge on any atom is 0.113 e. The summed E-state index contributed by atoms with van der Waals surface area (Å²) in [6.07, 6.45) is 5.06. The quantitative estimate of drug-likeness (QED) is 0.867. The SMILES string of the molecule is c1cnc(-c2csc(C3COCCN3)n2)cn1. The molecule has 0 spiro atoms. The first-order chi connectivity index (χ1) is 8.43. The molecule has 1 saturated heterocycles. The van der Waals surface area contributed by atoms with Crippen LogP contribution in [0.4, 0.5) is 0 Å². The molecule has 1 atom stereocenters. The number of thiazole rings is 1. The summed E-state index contributed by atoms with van der Waals surface area (Å²) < 4.78 is 5.43. The van der Waals surface area contributed by atoms with Crippen molar-refractivity contribution >= 4 is 11.3 Å². The lowest BCUT2D eigenvalue weighted by molar-refractivity contribution is 0.0768. The summed E-state index contributed by atoms with van der Waals surface area (Å²) in [4.78, 5) is 12.9. The number of hydrogen-bond acceptors (Lipinski definition) is 6. The van der Waals surface area contributed by atoms with Crippen LogP contribution in [0.5, 0.6) is 0 Å². The molecule has 2 aromatic rings.